The summed E-state index contributed by atoms with van der Waals surface area (Å²) in [6.07, 6.45) is 24.1. The van der Waals surface area contributed by atoms with Gasteiger partial charge in [-0.15, -0.1) is 0 Å². The number of nitrogens with zero attached hydrogens (tertiary/aromatic N) is 4. The highest BCUT2D eigenvalue weighted by Gasteiger charge is 2.26. The van der Waals surface area contributed by atoms with Crippen molar-refractivity contribution in [3.05, 3.63) is 223 Å². The largest absolute Gasteiger partial charge is 0.313 e. The molecule has 0 spiro atoms. The first-order valence-corrected chi connectivity index (χ1v) is 23.1. The SMILES string of the molecule is C1=CC(C2=CC(n3c4ccccc4c4c3ccc3c5ccccc5n(-c5ccccc5)c34)=CCC(n3c4ccccc4c4c5c(ccc43)c3c(n5-c4ccccc4)C=CCC3)=C2)=CCC1. The van der Waals surface area contributed by atoms with Crippen LogP contribution in [0.5, 0.6) is 0 Å². The fraction of sp³-hybridized carbons (Fsp3) is 0.0820. The van der Waals surface area contributed by atoms with Crippen LogP contribution < -0.4 is 0 Å². The Hall–Kier alpha value is -8.08. The summed E-state index contributed by atoms with van der Waals surface area (Å²) in [6, 6.07) is 58.2. The number of allylic oxidation sites excluding steroid dienone is 11. The van der Waals surface area contributed by atoms with Crippen molar-refractivity contribution in [1.82, 2.24) is 18.3 Å². The maximum Gasteiger partial charge on any atom is 0.0641 e. The van der Waals surface area contributed by atoms with Crippen LogP contribution in [0.2, 0.25) is 0 Å². The molecule has 308 valence electrons. The Morgan fingerprint density at radius 2 is 0.954 bits per heavy atom. The highest BCUT2D eigenvalue weighted by atomic mass is 15.0. The van der Waals surface area contributed by atoms with Crippen LogP contribution in [0.25, 0.3) is 105 Å². The molecule has 0 atom stereocenters. The van der Waals surface area contributed by atoms with Crippen molar-refractivity contribution in [2.45, 2.75) is 32.1 Å². The lowest BCUT2D eigenvalue weighted by molar-refractivity contribution is 0.968. The lowest BCUT2D eigenvalue weighted by Gasteiger charge is -2.14. The maximum absolute atomic E-state index is 2.56. The highest BCUT2D eigenvalue weighted by Crippen LogP contribution is 2.46. The van der Waals surface area contributed by atoms with Crippen molar-refractivity contribution < 1.29 is 0 Å². The Kier molecular flexibility index (Phi) is 7.96. The van der Waals surface area contributed by atoms with E-state index in [1.807, 2.05) is 0 Å². The van der Waals surface area contributed by atoms with Crippen molar-refractivity contribution in [2.24, 2.45) is 0 Å². The van der Waals surface area contributed by atoms with Gasteiger partial charge in [-0.2, -0.15) is 0 Å². The van der Waals surface area contributed by atoms with Gasteiger partial charge < -0.3 is 18.3 Å². The summed E-state index contributed by atoms with van der Waals surface area (Å²) in [5.41, 5.74) is 18.7. The predicted octanol–water partition coefficient (Wildman–Crippen LogP) is 15.9. The van der Waals surface area contributed by atoms with Crippen LogP contribution in [0.15, 0.2) is 211 Å². The average molecular weight is 833 g/mol. The summed E-state index contributed by atoms with van der Waals surface area (Å²) in [5, 5.41) is 9.00. The number of hydrogen-bond acceptors (Lipinski definition) is 0. The van der Waals surface area contributed by atoms with Crippen LogP contribution in [-0.2, 0) is 6.42 Å². The summed E-state index contributed by atoms with van der Waals surface area (Å²) < 4.78 is 10.1. The molecule has 0 fully saturated rings. The van der Waals surface area contributed by atoms with Crippen LogP contribution in [0.4, 0.5) is 0 Å². The van der Waals surface area contributed by atoms with Gasteiger partial charge in [0.15, 0.2) is 0 Å². The van der Waals surface area contributed by atoms with Gasteiger partial charge in [-0.05, 0) is 115 Å². The number of benzene rings is 7. The molecule has 65 heavy (non-hydrogen) atoms. The molecule has 0 unspecified atom stereocenters. The molecule has 0 saturated heterocycles. The van der Waals surface area contributed by atoms with Crippen LogP contribution in [0.3, 0.4) is 0 Å². The number of para-hydroxylation sites is 5. The molecule has 4 heteroatoms. The minimum Gasteiger partial charge on any atom is -0.313 e. The van der Waals surface area contributed by atoms with Gasteiger partial charge in [-0.1, -0.05) is 134 Å². The molecule has 4 heterocycles. The quantitative estimate of drug-likeness (QED) is 0.165. The van der Waals surface area contributed by atoms with Gasteiger partial charge in [0, 0.05) is 72.6 Å². The summed E-state index contributed by atoms with van der Waals surface area (Å²) in [5.74, 6) is 0. The van der Waals surface area contributed by atoms with E-state index < -0.39 is 0 Å². The third-order valence-electron chi connectivity index (χ3n) is 14.3. The molecule has 11 aromatic rings. The monoisotopic (exact) mass is 832 g/mol. The maximum atomic E-state index is 2.56. The van der Waals surface area contributed by atoms with Crippen LogP contribution in [-0.4, -0.2) is 18.3 Å². The van der Waals surface area contributed by atoms with E-state index in [0.29, 0.717) is 0 Å². The summed E-state index contributed by atoms with van der Waals surface area (Å²) in [6.45, 7) is 0. The smallest absolute Gasteiger partial charge is 0.0641 e. The minimum atomic E-state index is 0.748. The molecule has 7 aromatic carbocycles. The Labute approximate surface area is 376 Å². The fourth-order valence-electron chi connectivity index (χ4n) is 11.6. The molecule has 0 N–H and O–H groups in total. The number of fused-ring (bicyclic) bond motifs is 14. The van der Waals surface area contributed by atoms with Gasteiger partial charge >= 0.3 is 0 Å². The van der Waals surface area contributed by atoms with Crippen LogP contribution in [0.1, 0.15) is 36.9 Å². The van der Waals surface area contributed by atoms with Crippen molar-refractivity contribution >= 4 is 93.8 Å². The molecule has 3 aliphatic carbocycles. The third-order valence-corrected chi connectivity index (χ3v) is 14.3. The Morgan fingerprint density at radius 1 is 0.369 bits per heavy atom. The average Bonchev–Trinajstić information content (AvgIpc) is 4.05. The second kappa shape index (κ2) is 14.2. The zero-order valence-corrected chi connectivity index (χ0v) is 36.0. The van der Waals surface area contributed by atoms with Crippen molar-refractivity contribution in [2.75, 3.05) is 0 Å². The van der Waals surface area contributed by atoms with Crippen molar-refractivity contribution in [3.8, 4) is 11.4 Å². The first-order chi connectivity index (χ1) is 32.3. The highest BCUT2D eigenvalue weighted by molar-refractivity contribution is 6.27. The molecule has 14 rings (SSSR count). The van der Waals surface area contributed by atoms with Gasteiger partial charge in [0.2, 0.25) is 0 Å². The van der Waals surface area contributed by atoms with Gasteiger partial charge in [-0.3, -0.25) is 0 Å². The van der Waals surface area contributed by atoms with Crippen molar-refractivity contribution in [1.29, 1.82) is 0 Å². The van der Waals surface area contributed by atoms with E-state index in [0.717, 1.165) is 32.1 Å². The number of aromatic nitrogens is 4. The zero-order chi connectivity index (χ0) is 42.6. The molecule has 0 bridgehead atoms. The number of rotatable bonds is 5. The van der Waals surface area contributed by atoms with E-state index in [9.17, 15) is 0 Å². The molecule has 0 saturated carbocycles. The summed E-state index contributed by atoms with van der Waals surface area (Å²) in [4.78, 5) is 0. The first kappa shape index (κ1) is 36.4. The minimum absolute atomic E-state index is 0.748. The second-order valence-electron chi connectivity index (χ2n) is 17.8. The lowest BCUT2D eigenvalue weighted by Crippen LogP contribution is -2.00. The van der Waals surface area contributed by atoms with Crippen LogP contribution >= 0.6 is 0 Å². The van der Waals surface area contributed by atoms with E-state index in [-0.39, 0.29) is 0 Å². The molecule has 0 aliphatic heterocycles. The van der Waals surface area contributed by atoms with E-state index in [1.165, 1.54) is 121 Å². The van der Waals surface area contributed by atoms with Gasteiger partial charge in [-0.25, -0.2) is 0 Å². The molecule has 0 amide bonds. The Bertz CT molecular complexity index is 4000. The number of hydrogen-bond donors (Lipinski definition) is 0. The van der Waals surface area contributed by atoms with E-state index in [1.54, 1.807) is 0 Å². The second-order valence-corrected chi connectivity index (χ2v) is 17.8. The Morgan fingerprint density at radius 3 is 1.66 bits per heavy atom. The zero-order valence-electron chi connectivity index (χ0n) is 36.0. The molecule has 4 nitrogen and oxygen atoms in total. The van der Waals surface area contributed by atoms with Crippen LogP contribution in [0, 0.1) is 0 Å². The van der Waals surface area contributed by atoms with E-state index in [4.69, 9.17) is 0 Å². The standard InChI is InChI=1S/C61H44N4/c1-4-18-40(19-5-1)41-38-44(62-54-30-16-12-26-50(54)58-56(62)36-34-48-46-24-10-14-28-52(46)64(60(48)58)42-20-6-2-7-21-42)32-33-45(39-41)63-55-31-17-13-27-51(55)59-57(63)37-35-49-47-25-11-15-29-53(47)65(61(49)59)43-22-8-3-9-23-43/h2-4,6-10,12-24,26-32,34-39H,1,5,11,25,33H2. The van der Waals surface area contributed by atoms with E-state index in [2.05, 4.69) is 225 Å². The predicted molar refractivity (Wildman–Crippen MR) is 275 cm³/mol. The first-order valence-electron chi connectivity index (χ1n) is 23.1. The molecular weight excluding hydrogens is 789 g/mol. The number of aryl methyl sites for hydroxylation is 1. The normalized spacial score (nSPS) is 15.3. The molecule has 0 radical (unpaired) electrons. The van der Waals surface area contributed by atoms with Gasteiger partial charge in [0.05, 0.1) is 38.6 Å². The van der Waals surface area contributed by atoms with Crippen molar-refractivity contribution in [3.63, 3.8) is 0 Å². The Balaban J connectivity index is 1.03. The van der Waals surface area contributed by atoms with Gasteiger partial charge in [0.25, 0.3) is 0 Å². The third kappa shape index (κ3) is 5.31. The van der Waals surface area contributed by atoms with E-state index >= 15 is 0 Å². The van der Waals surface area contributed by atoms with Gasteiger partial charge in [0.1, 0.15) is 0 Å². The summed E-state index contributed by atoms with van der Waals surface area (Å²) >= 11 is 0. The molecule has 3 aliphatic rings. The summed E-state index contributed by atoms with van der Waals surface area (Å²) in [7, 11) is 0. The lowest BCUT2D eigenvalue weighted by atomic mass is 9.98. The molecular formula is C61H44N4. The fourth-order valence-corrected chi connectivity index (χ4v) is 11.6. The molecule has 4 aromatic heterocycles. The topological polar surface area (TPSA) is 19.7 Å².